The normalized spacial score (nSPS) is 18.4. The van der Waals surface area contributed by atoms with E-state index in [2.05, 4.69) is 24.3 Å². The first kappa shape index (κ1) is 14.8. The summed E-state index contributed by atoms with van der Waals surface area (Å²) < 4.78 is 0. The van der Waals surface area contributed by atoms with Gasteiger partial charge in [-0.1, -0.05) is 42.5 Å². The predicted octanol–water partition coefficient (Wildman–Crippen LogP) is 1.68. The third-order valence-corrected chi connectivity index (χ3v) is 4.71. The monoisotopic (exact) mass is 295 g/mol. The third-order valence-electron chi connectivity index (χ3n) is 4.71. The van der Waals surface area contributed by atoms with Gasteiger partial charge < -0.3 is 9.80 Å². The number of carbonyl (C=O) groups is 1. The predicted molar refractivity (Wildman–Crippen MR) is 89.0 cm³/mol. The Bertz CT molecular complexity index is 653. The molecule has 3 rings (SSSR count). The molecule has 2 atom stereocenters. The standard InChI is InChI=1S/C19H22N2O/c1-15(19(22)20(2)18-10-4-3-5-11-18)21-13-12-16-8-6-7-9-17(16)14-21/h3-11,15H,12-14H2,1-2H3/p+1/t15-/m1/s1. The van der Waals surface area contributed by atoms with Crippen LogP contribution in [-0.4, -0.2) is 25.5 Å². The molecule has 0 bridgehead atoms. The Labute approximate surface area is 132 Å². The van der Waals surface area contributed by atoms with Crippen molar-refractivity contribution < 1.29 is 9.69 Å². The maximum atomic E-state index is 12.8. The van der Waals surface area contributed by atoms with Crippen LogP contribution in [0.15, 0.2) is 54.6 Å². The van der Waals surface area contributed by atoms with Crippen molar-refractivity contribution in [1.82, 2.24) is 0 Å². The van der Waals surface area contributed by atoms with Gasteiger partial charge in [0.15, 0.2) is 6.04 Å². The Hall–Kier alpha value is -2.13. The van der Waals surface area contributed by atoms with E-state index in [1.165, 1.54) is 16.0 Å². The number of hydrogen-bond donors (Lipinski definition) is 1. The number of quaternary nitrogens is 1. The average Bonchev–Trinajstić information content (AvgIpc) is 2.60. The molecule has 0 radical (unpaired) electrons. The Morgan fingerprint density at radius 3 is 2.41 bits per heavy atom. The maximum Gasteiger partial charge on any atom is 0.284 e. The Morgan fingerprint density at radius 2 is 1.68 bits per heavy atom. The van der Waals surface area contributed by atoms with Crippen molar-refractivity contribution in [3.8, 4) is 0 Å². The first-order valence-electron chi connectivity index (χ1n) is 7.91. The molecule has 114 valence electrons. The summed E-state index contributed by atoms with van der Waals surface area (Å²) in [7, 11) is 1.87. The number of carbonyl (C=O) groups excluding carboxylic acids is 1. The smallest absolute Gasteiger partial charge is 0.284 e. The molecule has 0 saturated heterocycles. The van der Waals surface area contributed by atoms with Crippen LogP contribution in [0.4, 0.5) is 5.69 Å². The molecule has 0 spiro atoms. The second kappa shape index (κ2) is 6.32. The zero-order chi connectivity index (χ0) is 15.5. The zero-order valence-electron chi connectivity index (χ0n) is 13.3. The van der Waals surface area contributed by atoms with Crippen molar-refractivity contribution in [2.45, 2.75) is 25.9 Å². The molecule has 3 nitrogen and oxygen atoms in total. The van der Waals surface area contributed by atoms with E-state index >= 15 is 0 Å². The van der Waals surface area contributed by atoms with Gasteiger partial charge >= 0.3 is 0 Å². The first-order valence-corrected chi connectivity index (χ1v) is 7.91. The third kappa shape index (κ3) is 2.90. The number of benzene rings is 2. The van der Waals surface area contributed by atoms with E-state index in [9.17, 15) is 4.79 Å². The minimum absolute atomic E-state index is 0.0291. The van der Waals surface area contributed by atoms with Gasteiger partial charge in [0.05, 0.1) is 6.54 Å². The van der Waals surface area contributed by atoms with E-state index in [0.717, 1.165) is 25.2 Å². The van der Waals surface area contributed by atoms with Crippen LogP contribution >= 0.6 is 0 Å². The summed E-state index contributed by atoms with van der Waals surface area (Å²) >= 11 is 0. The molecule has 0 aliphatic carbocycles. The molecule has 0 fully saturated rings. The molecule has 0 saturated carbocycles. The van der Waals surface area contributed by atoms with Gasteiger partial charge in [0, 0.05) is 24.7 Å². The fourth-order valence-electron chi connectivity index (χ4n) is 3.22. The molecule has 2 aromatic rings. The van der Waals surface area contributed by atoms with Gasteiger partial charge in [-0.15, -0.1) is 0 Å². The topological polar surface area (TPSA) is 24.8 Å². The molecule has 1 amide bonds. The number of rotatable bonds is 3. The van der Waals surface area contributed by atoms with Crippen LogP contribution in [0, 0.1) is 0 Å². The zero-order valence-corrected chi connectivity index (χ0v) is 13.3. The number of para-hydroxylation sites is 1. The van der Waals surface area contributed by atoms with Crippen molar-refractivity contribution in [3.63, 3.8) is 0 Å². The Balaban J connectivity index is 1.72. The van der Waals surface area contributed by atoms with Crippen molar-refractivity contribution >= 4 is 11.6 Å². The fraction of sp³-hybridized carbons (Fsp3) is 0.316. The number of fused-ring (bicyclic) bond motifs is 1. The second-order valence-corrected chi connectivity index (χ2v) is 6.06. The molecular weight excluding hydrogens is 272 g/mol. The van der Waals surface area contributed by atoms with Crippen molar-refractivity contribution in [2.24, 2.45) is 0 Å². The SMILES string of the molecule is C[C@H](C(=O)N(C)c1ccccc1)[NH+]1CCc2ccccc2C1. The summed E-state index contributed by atoms with van der Waals surface area (Å²) in [5.74, 6) is 0.181. The molecule has 3 heteroatoms. The lowest BCUT2D eigenvalue weighted by molar-refractivity contribution is -0.929. The summed E-state index contributed by atoms with van der Waals surface area (Å²) in [4.78, 5) is 15.9. The minimum Gasteiger partial charge on any atom is -0.321 e. The van der Waals surface area contributed by atoms with Gasteiger partial charge in [0.1, 0.15) is 6.54 Å². The largest absolute Gasteiger partial charge is 0.321 e. The Kier molecular flexibility index (Phi) is 4.25. The van der Waals surface area contributed by atoms with Crippen LogP contribution in [0.1, 0.15) is 18.1 Å². The van der Waals surface area contributed by atoms with E-state index in [0.29, 0.717) is 0 Å². The van der Waals surface area contributed by atoms with E-state index in [4.69, 9.17) is 0 Å². The van der Waals surface area contributed by atoms with Crippen molar-refractivity contribution in [2.75, 3.05) is 18.5 Å². The molecular formula is C19H23N2O+. The van der Waals surface area contributed by atoms with Crippen LogP contribution in [0.2, 0.25) is 0 Å². The molecule has 1 aliphatic heterocycles. The minimum atomic E-state index is -0.0291. The molecule has 1 aliphatic rings. The highest BCUT2D eigenvalue weighted by molar-refractivity contribution is 5.95. The highest BCUT2D eigenvalue weighted by Crippen LogP contribution is 2.13. The lowest BCUT2D eigenvalue weighted by Crippen LogP contribution is -3.16. The first-order chi connectivity index (χ1) is 10.7. The summed E-state index contributed by atoms with van der Waals surface area (Å²) in [6, 6.07) is 18.4. The van der Waals surface area contributed by atoms with Crippen LogP contribution in [0.3, 0.4) is 0 Å². The average molecular weight is 295 g/mol. The van der Waals surface area contributed by atoms with Crippen LogP contribution in [0.5, 0.6) is 0 Å². The molecule has 1 heterocycles. The van der Waals surface area contributed by atoms with Gasteiger partial charge in [0.25, 0.3) is 5.91 Å². The van der Waals surface area contributed by atoms with Crippen LogP contribution in [0.25, 0.3) is 0 Å². The molecule has 0 aromatic heterocycles. The summed E-state index contributed by atoms with van der Waals surface area (Å²) in [6.45, 7) is 4.00. The lowest BCUT2D eigenvalue weighted by atomic mass is 9.98. The van der Waals surface area contributed by atoms with Gasteiger partial charge in [-0.25, -0.2) is 0 Å². The number of hydrogen-bond acceptors (Lipinski definition) is 1. The van der Waals surface area contributed by atoms with Gasteiger partial charge in [-0.3, -0.25) is 4.79 Å². The van der Waals surface area contributed by atoms with Gasteiger partial charge in [-0.2, -0.15) is 0 Å². The molecule has 22 heavy (non-hydrogen) atoms. The summed E-state index contributed by atoms with van der Waals surface area (Å²) in [5.41, 5.74) is 3.77. The maximum absolute atomic E-state index is 12.8. The quantitative estimate of drug-likeness (QED) is 0.915. The van der Waals surface area contributed by atoms with Gasteiger partial charge in [0.2, 0.25) is 0 Å². The van der Waals surface area contributed by atoms with Gasteiger partial charge in [-0.05, 0) is 24.6 Å². The van der Waals surface area contributed by atoms with Crippen LogP contribution < -0.4 is 9.80 Å². The summed E-state index contributed by atoms with van der Waals surface area (Å²) in [6.07, 6.45) is 1.05. The van der Waals surface area contributed by atoms with E-state index in [1.807, 2.05) is 44.3 Å². The van der Waals surface area contributed by atoms with Crippen LogP contribution in [-0.2, 0) is 17.8 Å². The number of anilines is 1. The van der Waals surface area contributed by atoms with E-state index < -0.39 is 0 Å². The van der Waals surface area contributed by atoms with E-state index in [-0.39, 0.29) is 11.9 Å². The highest BCUT2D eigenvalue weighted by atomic mass is 16.2. The molecule has 1 unspecified atom stereocenters. The van der Waals surface area contributed by atoms with E-state index in [1.54, 1.807) is 4.90 Å². The molecule has 1 N–H and O–H groups in total. The summed E-state index contributed by atoms with van der Waals surface area (Å²) in [5, 5.41) is 0. The number of nitrogens with zero attached hydrogens (tertiary/aromatic N) is 1. The fourth-order valence-corrected chi connectivity index (χ4v) is 3.22. The molecule has 2 aromatic carbocycles. The van der Waals surface area contributed by atoms with Crippen molar-refractivity contribution in [1.29, 1.82) is 0 Å². The number of nitrogens with one attached hydrogen (secondary N) is 1. The van der Waals surface area contributed by atoms with Crippen molar-refractivity contribution in [3.05, 3.63) is 65.7 Å². The highest BCUT2D eigenvalue weighted by Gasteiger charge is 2.31. The number of amides is 1. The number of likely N-dealkylation sites (N-methyl/N-ethyl adjacent to an activating group) is 1. The lowest BCUT2D eigenvalue weighted by Gasteiger charge is -2.32. The second-order valence-electron chi connectivity index (χ2n) is 6.06. The Morgan fingerprint density at radius 1 is 1.05 bits per heavy atom.